The van der Waals surface area contributed by atoms with Crippen LogP contribution in [0.2, 0.25) is 0 Å². The van der Waals surface area contributed by atoms with Crippen molar-refractivity contribution in [2.75, 3.05) is 18.5 Å². The second-order valence-corrected chi connectivity index (χ2v) is 9.00. The zero-order valence-corrected chi connectivity index (χ0v) is 17.4. The molecule has 1 N–H and O–H groups in total. The van der Waals surface area contributed by atoms with Crippen molar-refractivity contribution in [3.8, 4) is 5.75 Å². The molecule has 29 heavy (non-hydrogen) atoms. The van der Waals surface area contributed by atoms with Crippen LogP contribution in [0, 0.1) is 0 Å². The highest BCUT2D eigenvalue weighted by Gasteiger charge is 2.40. The van der Waals surface area contributed by atoms with Gasteiger partial charge >= 0.3 is 0 Å². The van der Waals surface area contributed by atoms with Gasteiger partial charge in [-0.1, -0.05) is 6.07 Å². The van der Waals surface area contributed by atoms with Gasteiger partial charge in [0.15, 0.2) is 0 Å². The Hall–Kier alpha value is -2.56. The van der Waals surface area contributed by atoms with E-state index in [1.54, 1.807) is 36.4 Å². The first kappa shape index (κ1) is 19.7. The van der Waals surface area contributed by atoms with Crippen molar-refractivity contribution in [3.05, 3.63) is 42.5 Å². The number of anilines is 1. The number of hydrogen-bond donors (Lipinski definition) is 1. The molecule has 152 valence electrons. The highest BCUT2D eigenvalue weighted by Crippen LogP contribution is 2.30. The van der Waals surface area contributed by atoms with Crippen LogP contribution in [0.25, 0.3) is 11.0 Å². The number of fused-ring (bicyclic) bond motifs is 1. The number of rotatable bonds is 6. The van der Waals surface area contributed by atoms with Crippen LogP contribution >= 0.6 is 11.7 Å². The Morgan fingerprint density at radius 2 is 2.03 bits per heavy atom. The highest BCUT2D eigenvalue weighted by atomic mass is 32.2. The van der Waals surface area contributed by atoms with Crippen LogP contribution in [-0.2, 0) is 14.8 Å². The summed E-state index contributed by atoms with van der Waals surface area (Å²) < 4.78 is 41.5. The van der Waals surface area contributed by atoms with Crippen LogP contribution in [0.3, 0.4) is 0 Å². The van der Waals surface area contributed by atoms with E-state index in [-0.39, 0.29) is 17.3 Å². The maximum absolute atomic E-state index is 13.3. The van der Waals surface area contributed by atoms with Crippen LogP contribution in [0.4, 0.5) is 5.69 Å². The van der Waals surface area contributed by atoms with Gasteiger partial charge in [-0.15, -0.1) is 0 Å². The van der Waals surface area contributed by atoms with Crippen molar-refractivity contribution >= 4 is 44.4 Å². The van der Waals surface area contributed by atoms with Crippen molar-refractivity contribution in [1.29, 1.82) is 0 Å². The molecule has 0 aliphatic carbocycles. The molecule has 0 bridgehead atoms. The van der Waals surface area contributed by atoms with Crippen molar-refractivity contribution < 1.29 is 17.9 Å². The maximum Gasteiger partial charge on any atom is 0.246 e. The number of aromatic nitrogens is 2. The first-order valence-electron chi connectivity index (χ1n) is 9.27. The number of nitrogens with one attached hydrogen (secondary N) is 1. The summed E-state index contributed by atoms with van der Waals surface area (Å²) in [6.07, 6.45) is 1.08. The fourth-order valence-electron chi connectivity index (χ4n) is 3.43. The number of carbonyl (C=O) groups excluding carboxylic acids is 1. The predicted molar refractivity (Wildman–Crippen MR) is 111 cm³/mol. The molecule has 1 saturated heterocycles. The Bertz CT molecular complexity index is 1130. The Morgan fingerprint density at radius 1 is 1.24 bits per heavy atom. The van der Waals surface area contributed by atoms with Gasteiger partial charge in [0.1, 0.15) is 27.7 Å². The molecule has 0 spiro atoms. The van der Waals surface area contributed by atoms with Crippen molar-refractivity contribution in [1.82, 2.24) is 13.1 Å². The summed E-state index contributed by atoms with van der Waals surface area (Å²) in [6, 6.07) is 11.1. The summed E-state index contributed by atoms with van der Waals surface area (Å²) in [5, 5.41) is 2.81. The van der Waals surface area contributed by atoms with Gasteiger partial charge in [-0.3, -0.25) is 4.79 Å². The third kappa shape index (κ3) is 3.83. The van der Waals surface area contributed by atoms with Crippen LogP contribution in [0.5, 0.6) is 5.75 Å². The normalized spacial score (nSPS) is 17.5. The van der Waals surface area contributed by atoms with E-state index in [1.165, 1.54) is 10.4 Å². The predicted octanol–water partition coefficient (Wildman–Crippen LogP) is 2.88. The zero-order valence-electron chi connectivity index (χ0n) is 15.7. The minimum absolute atomic E-state index is 0.0875. The van der Waals surface area contributed by atoms with Gasteiger partial charge in [-0.25, -0.2) is 8.42 Å². The van der Waals surface area contributed by atoms with Crippen molar-refractivity contribution in [2.24, 2.45) is 0 Å². The number of hydrogen-bond acceptors (Lipinski definition) is 7. The molecule has 3 aromatic rings. The molecule has 1 aliphatic rings. The van der Waals surface area contributed by atoms with Crippen LogP contribution in [-0.4, -0.2) is 46.6 Å². The lowest BCUT2D eigenvalue weighted by molar-refractivity contribution is -0.119. The molecule has 0 saturated carbocycles. The minimum atomic E-state index is -3.88. The minimum Gasteiger partial charge on any atom is -0.494 e. The number of amides is 1. The lowest BCUT2D eigenvalue weighted by Gasteiger charge is -2.23. The molecular formula is C19H20N4O4S2. The Kier molecular flexibility index (Phi) is 5.48. The number of benzene rings is 2. The second kappa shape index (κ2) is 8.05. The van der Waals surface area contributed by atoms with Gasteiger partial charge in [-0.2, -0.15) is 13.1 Å². The van der Waals surface area contributed by atoms with Crippen molar-refractivity contribution in [3.63, 3.8) is 0 Å². The highest BCUT2D eigenvalue weighted by molar-refractivity contribution is 7.89. The van der Waals surface area contributed by atoms with E-state index in [2.05, 4.69) is 14.1 Å². The molecule has 10 heteroatoms. The van der Waals surface area contributed by atoms with E-state index in [4.69, 9.17) is 4.74 Å². The van der Waals surface area contributed by atoms with E-state index >= 15 is 0 Å². The summed E-state index contributed by atoms with van der Waals surface area (Å²) in [5.41, 5.74) is 1.47. The summed E-state index contributed by atoms with van der Waals surface area (Å²) >= 11 is 0.967. The van der Waals surface area contributed by atoms with E-state index in [0.29, 0.717) is 41.9 Å². The summed E-state index contributed by atoms with van der Waals surface area (Å²) in [7, 11) is -3.88. The van der Waals surface area contributed by atoms with Crippen LogP contribution in [0.1, 0.15) is 19.8 Å². The number of carbonyl (C=O) groups is 1. The molecule has 2 heterocycles. The smallest absolute Gasteiger partial charge is 0.246 e. The first-order chi connectivity index (χ1) is 14.0. The zero-order chi connectivity index (χ0) is 20.4. The fourth-order valence-corrected chi connectivity index (χ4v) is 5.84. The molecule has 1 atom stereocenters. The van der Waals surface area contributed by atoms with Gasteiger partial charge in [0.05, 0.1) is 18.3 Å². The van der Waals surface area contributed by atoms with Crippen LogP contribution < -0.4 is 10.1 Å². The molecule has 1 fully saturated rings. The number of ether oxygens (including phenoxy) is 1. The van der Waals surface area contributed by atoms with E-state index in [1.807, 2.05) is 6.92 Å². The third-order valence-electron chi connectivity index (χ3n) is 4.77. The van der Waals surface area contributed by atoms with E-state index in [9.17, 15) is 13.2 Å². The Morgan fingerprint density at radius 3 is 2.79 bits per heavy atom. The standard InChI is InChI=1S/C19H20N4O4S2/c1-2-27-14-10-8-13(9-11-14)20-19(24)16-6-4-12-23(16)29(25,26)17-7-3-5-15-18(17)22-28-21-15/h3,5,7-11,16H,2,4,6,12H2,1H3,(H,20,24)/t16-/m1/s1. The largest absolute Gasteiger partial charge is 0.494 e. The van der Waals surface area contributed by atoms with Gasteiger partial charge in [0.2, 0.25) is 15.9 Å². The second-order valence-electron chi connectivity index (χ2n) is 6.61. The SMILES string of the molecule is CCOc1ccc(NC(=O)[C@H]2CCCN2S(=O)(=O)c2cccc3nsnc23)cc1. The van der Waals surface area contributed by atoms with Gasteiger partial charge in [-0.05, 0) is 56.2 Å². The summed E-state index contributed by atoms with van der Waals surface area (Å²) in [5.74, 6) is 0.361. The van der Waals surface area contributed by atoms with E-state index < -0.39 is 16.1 Å². The molecule has 0 unspecified atom stereocenters. The Labute approximate surface area is 172 Å². The Balaban J connectivity index is 1.56. The monoisotopic (exact) mass is 432 g/mol. The topological polar surface area (TPSA) is 101 Å². The third-order valence-corrected chi connectivity index (χ3v) is 7.26. The molecule has 2 aromatic carbocycles. The quantitative estimate of drug-likeness (QED) is 0.643. The lowest BCUT2D eigenvalue weighted by atomic mass is 10.2. The van der Waals surface area contributed by atoms with E-state index in [0.717, 1.165) is 11.7 Å². The summed E-state index contributed by atoms with van der Waals surface area (Å²) in [6.45, 7) is 2.74. The van der Waals surface area contributed by atoms with Gasteiger partial charge in [0, 0.05) is 12.2 Å². The van der Waals surface area contributed by atoms with Crippen LogP contribution in [0.15, 0.2) is 47.4 Å². The fraction of sp³-hybridized carbons (Fsp3) is 0.316. The number of sulfonamides is 1. The van der Waals surface area contributed by atoms with Gasteiger partial charge < -0.3 is 10.1 Å². The molecule has 1 amide bonds. The van der Waals surface area contributed by atoms with Gasteiger partial charge in [0.25, 0.3) is 0 Å². The average Bonchev–Trinajstić information content (AvgIpc) is 3.39. The molecule has 4 rings (SSSR count). The maximum atomic E-state index is 13.3. The molecule has 0 radical (unpaired) electrons. The average molecular weight is 433 g/mol. The number of nitrogens with zero attached hydrogens (tertiary/aromatic N) is 3. The first-order valence-corrected chi connectivity index (χ1v) is 11.4. The van der Waals surface area contributed by atoms with Crippen molar-refractivity contribution in [2.45, 2.75) is 30.7 Å². The molecule has 8 nitrogen and oxygen atoms in total. The molecule has 1 aromatic heterocycles. The summed E-state index contributed by atoms with van der Waals surface area (Å²) in [4.78, 5) is 12.9. The molecule has 1 aliphatic heterocycles. The lowest BCUT2D eigenvalue weighted by Crippen LogP contribution is -2.43. The molecular weight excluding hydrogens is 412 g/mol.